The van der Waals surface area contributed by atoms with Gasteiger partial charge in [0.1, 0.15) is 5.75 Å². The summed E-state index contributed by atoms with van der Waals surface area (Å²) >= 11 is 0. The van der Waals surface area contributed by atoms with Crippen molar-refractivity contribution < 1.29 is 13.2 Å². The fraction of sp³-hybridized carbons (Fsp3) is 0.500. The second kappa shape index (κ2) is 6.41. The van der Waals surface area contributed by atoms with Gasteiger partial charge in [0, 0.05) is 22.8 Å². The van der Waals surface area contributed by atoms with Crippen LogP contribution in [-0.2, 0) is 21.2 Å². The molecule has 1 aromatic rings. The third kappa shape index (κ3) is 5.25. The van der Waals surface area contributed by atoms with Crippen LogP contribution in [0.15, 0.2) is 18.2 Å². The molecule has 102 valence electrons. The third-order valence-electron chi connectivity index (χ3n) is 2.52. The topological polar surface area (TPSA) is 46.6 Å². The van der Waals surface area contributed by atoms with Crippen LogP contribution in [0.2, 0.25) is 0 Å². The van der Waals surface area contributed by atoms with Gasteiger partial charge in [-0.25, -0.2) is 8.42 Å². The van der Waals surface area contributed by atoms with E-state index < -0.39 is 9.05 Å². The molecule has 0 saturated carbocycles. The first-order valence-corrected chi connectivity index (χ1v) is 8.02. The van der Waals surface area contributed by atoms with Crippen molar-refractivity contribution >= 4 is 19.7 Å². The van der Waals surface area contributed by atoms with Crippen LogP contribution in [-0.4, -0.2) is 41.1 Å². The zero-order valence-electron chi connectivity index (χ0n) is 10.8. The molecule has 1 rings (SSSR count). The summed E-state index contributed by atoms with van der Waals surface area (Å²) in [4.78, 5) is 2.07. The standard InChI is InChI=1S/C12H18ClNO3S/c1-14(2)7-6-10-4-5-12(17-3)11(8-10)9-18(13,15)16/h4-5,8H,6-7,9H2,1-3H3. The average Bonchev–Trinajstić information content (AvgIpc) is 2.24. The van der Waals surface area contributed by atoms with Crippen molar-refractivity contribution in [3.8, 4) is 5.75 Å². The summed E-state index contributed by atoms with van der Waals surface area (Å²) in [7, 11) is 7.21. The Morgan fingerprint density at radius 1 is 1.33 bits per heavy atom. The molecule has 0 heterocycles. The Balaban J connectivity index is 2.94. The second-order valence-corrected chi connectivity index (χ2v) is 7.16. The summed E-state index contributed by atoms with van der Waals surface area (Å²) < 4.78 is 27.4. The van der Waals surface area contributed by atoms with E-state index in [1.54, 1.807) is 6.07 Å². The van der Waals surface area contributed by atoms with Crippen LogP contribution in [0.4, 0.5) is 0 Å². The van der Waals surface area contributed by atoms with E-state index in [2.05, 4.69) is 4.90 Å². The van der Waals surface area contributed by atoms with Gasteiger partial charge in [0.25, 0.3) is 0 Å². The highest BCUT2D eigenvalue weighted by Gasteiger charge is 2.12. The number of ether oxygens (including phenoxy) is 1. The van der Waals surface area contributed by atoms with Gasteiger partial charge in [0.05, 0.1) is 12.9 Å². The summed E-state index contributed by atoms with van der Waals surface area (Å²) in [5, 5.41) is 0. The minimum Gasteiger partial charge on any atom is -0.496 e. The molecule has 0 bridgehead atoms. The third-order valence-corrected chi connectivity index (χ3v) is 3.50. The van der Waals surface area contributed by atoms with E-state index in [-0.39, 0.29) is 5.75 Å². The quantitative estimate of drug-likeness (QED) is 0.751. The Labute approximate surface area is 113 Å². The van der Waals surface area contributed by atoms with Crippen LogP contribution in [0.5, 0.6) is 5.75 Å². The van der Waals surface area contributed by atoms with E-state index in [1.165, 1.54) is 7.11 Å². The zero-order valence-corrected chi connectivity index (χ0v) is 12.4. The van der Waals surface area contributed by atoms with Crippen molar-refractivity contribution in [1.29, 1.82) is 0 Å². The molecule has 0 saturated heterocycles. The SMILES string of the molecule is COc1ccc(CCN(C)C)cc1CS(=O)(=O)Cl. The summed E-state index contributed by atoms with van der Waals surface area (Å²) in [6.07, 6.45) is 0.853. The van der Waals surface area contributed by atoms with Gasteiger partial charge in [-0.2, -0.15) is 0 Å². The van der Waals surface area contributed by atoms with Gasteiger partial charge >= 0.3 is 0 Å². The average molecular weight is 292 g/mol. The van der Waals surface area contributed by atoms with Gasteiger partial charge < -0.3 is 9.64 Å². The Morgan fingerprint density at radius 2 is 2.00 bits per heavy atom. The van der Waals surface area contributed by atoms with E-state index in [0.29, 0.717) is 11.3 Å². The number of halogens is 1. The Morgan fingerprint density at radius 3 is 2.50 bits per heavy atom. The normalized spacial score (nSPS) is 11.8. The number of benzene rings is 1. The predicted octanol–water partition coefficient (Wildman–Crippen LogP) is 1.87. The summed E-state index contributed by atoms with van der Waals surface area (Å²) in [5.74, 6) is 0.334. The van der Waals surface area contributed by atoms with Gasteiger partial charge in [-0.3, -0.25) is 0 Å². The molecule has 6 heteroatoms. The molecule has 0 atom stereocenters. The molecule has 0 aliphatic carbocycles. The molecular formula is C12H18ClNO3S. The van der Waals surface area contributed by atoms with Crippen LogP contribution in [0.25, 0.3) is 0 Å². The monoisotopic (exact) mass is 291 g/mol. The number of likely N-dealkylation sites (N-methyl/N-ethyl adjacent to an activating group) is 1. The summed E-state index contributed by atoms with van der Waals surface area (Å²) in [6.45, 7) is 0.902. The van der Waals surface area contributed by atoms with Crippen molar-refractivity contribution in [1.82, 2.24) is 4.90 Å². The first-order chi connectivity index (χ1) is 8.31. The van der Waals surface area contributed by atoms with Crippen molar-refractivity contribution in [2.75, 3.05) is 27.7 Å². The lowest BCUT2D eigenvalue weighted by molar-refractivity contribution is 0.408. The van der Waals surface area contributed by atoms with E-state index in [0.717, 1.165) is 18.5 Å². The molecule has 18 heavy (non-hydrogen) atoms. The van der Waals surface area contributed by atoms with Gasteiger partial charge in [-0.15, -0.1) is 0 Å². The maximum atomic E-state index is 11.1. The van der Waals surface area contributed by atoms with Gasteiger partial charge in [0.15, 0.2) is 0 Å². The van der Waals surface area contributed by atoms with E-state index >= 15 is 0 Å². The lowest BCUT2D eigenvalue weighted by Gasteiger charge is -2.12. The molecule has 0 aliphatic rings. The van der Waals surface area contributed by atoms with Crippen molar-refractivity contribution in [3.63, 3.8) is 0 Å². The first kappa shape index (κ1) is 15.3. The van der Waals surface area contributed by atoms with Crippen LogP contribution in [0.3, 0.4) is 0 Å². The summed E-state index contributed by atoms with van der Waals surface area (Å²) in [5.41, 5.74) is 1.67. The Hall–Kier alpha value is -0.780. The molecule has 0 aromatic heterocycles. The molecule has 4 nitrogen and oxygen atoms in total. The Bertz CT molecular complexity index is 500. The highest BCUT2D eigenvalue weighted by atomic mass is 35.7. The van der Waals surface area contributed by atoms with Crippen LogP contribution in [0.1, 0.15) is 11.1 Å². The van der Waals surface area contributed by atoms with E-state index in [9.17, 15) is 8.42 Å². The molecule has 0 aliphatic heterocycles. The smallest absolute Gasteiger partial charge is 0.236 e. The Kier molecular flexibility index (Phi) is 5.44. The number of hydrogen-bond acceptors (Lipinski definition) is 4. The number of methoxy groups -OCH3 is 1. The van der Waals surface area contributed by atoms with Crippen molar-refractivity contribution in [3.05, 3.63) is 29.3 Å². The fourth-order valence-electron chi connectivity index (χ4n) is 1.64. The predicted molar refractivity (Wildman–Crippen MR) is 73.7 cm³/mol. The number of hydrogen-bond donors (Lipinski definition) is 0. The lowest BCUT2D eigenvalue weighted by Crippen LogP contribution is -2.15. The second-order valence-electron chi connectivity index (χ2n) is 4.38. The molecule has 0 spiro atoms. The lowest BCUT2D eigenvalue weighted by atomic mass is 10.1. The van der Waals surface area contributed by atoms with Crippen molar-refractivity contribution in [2.24, 2.45) is 0 Å². The fourth-order valence-corrected chi connectivity index (χ4v) is 2.59. The molecule has 0 radical (unpaired) electrons. The first-order valence-electron chi connectivity index (χ1n) is 5.54. The largest absolute Gasteiger partial charge is 0.496 e. The number of nitrogens with zero attached hydrogens (tertiary/aromatic N) is 1. The van der Waals surface area contributed by atoms with Crippen LogP contribution in [0, 0.1) is 0 Å². The van der Waals surface area contributed by atoms with E-state index in [4.69, 9.17) is 15.4 Å². The van der Waals surface area contributed by atoms with Gasteiger partial charge in [-0.1, -0.05) is 12.1 Å². The highest BCUT2D eigenvalue weighted by Crippen LogP contribution is 2.23. The molecule has 0 amide bonds. The molecule has 1 aromatic carbocycles. The van der Waals surface area contributed by atoms with Crippen molar-refractivity contribution in [2.45, 2.75) is 12.2 Å². The highest BCUT2D eigenvalue weighted by molar-refractivity contribution is 8.13. The summed E-state index contributed by atoms with van der Waals surface area (Å²) in [6, 6.07) is 5.55. The minimum atomic E-state index is -3.58. The maximum Gasteiger partial charge on any atom is 0.236 e. The number of rotatable bonds is 6. The maximum absolute atomic E-state index is 11.1. The van der Waals surface area contributed by atoms with Gasteiger partial charge in [0.2, 0.25) is 9.05 Å². The molecule has 0 unspecified atom stereocenters. The zero-order chi connectivity index (χ0) is 13.8. The molecule has 0 fully saturated rings. The minimum absolute atomic E-state index is 0.215. The molecular weight excluding hydrogens is 274 g/mol. The van der Waals surface area contributed by atoms with Crippen LogP contribution < -0.4 is 4.74 Å². The van der Waals surface area contributed by atoms with Gasteiger partial charge in [-0.05, 0) is 32.1 Å². The van der Waals surface area contributed by atoms with E-state index in [1.807, 2.05) is 26.2 Å². The molecule has 0 N–H and O–H groups in total. The van der Waals surface area contributed by atoms with Crippen LogP contribution >= 0.6 is 10.7 Å².